The van der Waals surface area contributed by atoms with Crippen LogP contribution >= 0.6 is 11.3 Å². The van der Waals surface area contributed by atoms with Gasteiger partial charge in [-0.05, 0) is 61.7 Å². The molecule has 2 N–H and O–H groups in total. The number of nitrogens with one attached hydrogen (secondary N) is 2. The Morgan fingerprint density at radius 2 is 1.88 bits per heavy atom. The predicted molar refractivity (Wildman–Crippen MR) is 125 cm³/mol. The highest BCUT2D eigenvalue weighted by Crippen LogP contribution is 2.30. The Morgan fingerprint density at radius 3 is 2.61 bits per heavy atom. The number of nitrogens with zero attached hydrogens (tertiary/aromatic N) is 3. The van der Waals surface area contributed by atoms with Crippen LogP contribution in [0.25, 0.3) is 0 Å². The highest BCUT2D eigenvalue weighted by Gasteiger charge is 2.28. The summed E-state index contributed by atoms with van der Waals surface area (Å²) in [4.78, 5) is 26.9. The van der Waals surface area contributed by atoms with Crippen LogP contribution in [0.5, 0.6) is 5.75 Å². The molecule has 1 aromatic heterocycles. The van der Waals surface area contributed by atoms with Gasteiger partial charge in [0.1, 0.15) is 16.6 Å². The Balaban J connectivity index is 1.37. The van der Waals surface area contributed by atoms with Crippen LogP contribution in [0.3, 0.4) is 0 Å². The third kappa shape index (κ3) is 5.46. The van der Waals surface area contributed by atoms with Gasteiger partial charge in [0.15, 0.2) is 0 Å². The highest BCUT2D eigenvalue weighted by atomic mass is 32.1. The topological polar surface area (TPSA) is 96.4 Å². The molecule has 172 valence electrons. The largest absolute Gasteiger partial charge is 0.497 e. The van der Waals surface area contributed by atoms with E-state index < -0.39 is 0 Å². The number of benzene rings is 2. The zero-order chi connectivity index (χ0) is 23.4. The van der Waals surface area contributed by atoms with Crippen molar-refractivity contribution < 1.29 is 18.7 Å². The number of likely N-dealkylation sites (tertiary alicyclic amines) is 1. The fourth-order valence-electron chi connectivity index (χ4n) is 3.59. The fraction of sp³-hybridized carbons (Fsp3) is 0.304. The number of methoxy groups -OCH3 is 1. The molecule has 0 spiro atoms. The van der Waals surface area contributed by atoms with E-state index >= 15 is 0 Å². The lowest BCUT2D eigenvalue weighted by Crippen LogP contribution is -2.41. The smallest absolute Gasteiger partial charge is 0.321 e. The van der Waals surface area contributed by atoms with Crippen molar-refractivity contribution in [1.82, 2.24) is 15.1 Å². The monoisotopic (exact) mass is 469 g/mol. The normalized spacial score (nSPS) is 15.7. The van der Waals surface area contributed by atoms with Gasteiger partial charge in [-0.15, -0.1) is 10.2 Å². The van der Waals surface area contributed by atoms with Crippen molar-refractivity contribution in [3.63, 3.8) is 0 Å². The summed E-state index contributed by atoms with van der Waals surface area (Å²) in [5, 5.41) is 14.8. The van der Waals surface area contributed by atoms with Crippen molar-refractivity contribution in [3.05, 3.63) is 63.9 Å². The average molecular weight is 470 g/mol. The van der Waals surface area contributed by atoms with Gasteiger partial charge in [0.2, 0.25) is 5.01 Å². The van der Waals surface area contributed by atoms with Gasteiger partial charge in [-0.2, -0.15) is 0 Å². The Kier molecular flexibility index (Phi) is 6.83. The lowest BCUT2D eigenvalue weighted by atomic mass is 9.99. The SMILES string of the molecule is COc1ccc(NC(=O)c2nnc([C@@H]3CCCN(C(=O)Nc4ccc(C)c(F)c4)C3)s2)cc1. The molecule has 10 heteroatoms. The number of carbonyl (C=O) groups excluding carboxylic acids is 2. The molecule has 0 aliphatic carbocycles. The van der Waals surface area contributed by atoms with Crippen LogP contribution in [0, 0.1) is 12.7 Å². The van der Waals surface area contributed by atoms with Crippen molar-refractivity contribution in [3.8, 4) is 5.75 Å². The van der Waals surface area contributed by atoms with E-state index in [0.717, 1.165) is 12.8 Å². The molecule has 2 aromatic carbocycles. The molecule has 8 nitrogen and oxygen atoms in total. The molecule has 1 aliphatic heterocycles. The second kappa shape index (κ2) is 9.95. The molecule has 1 atom stereocenters. The summed E-state index contributed by atoms with van der Waals surface area (Å²) in [6, 6.07) is 11.3. The molecule has 0 bridgehead atoms. The summed E-state index contributed by atoms with van der Waals surface area (Å²) in [5.74, 6) is -0.0155. The number of hydrogen-bond acceptors (Lipinski definition) is 6. The lowest BCUT2D eigenvalue weighted by molar-refractivity contribution is 0.102. The second-order valence-corrected chi connectivity index (χ2v) is 8.82. The number of urea groups is 1. The van der Waals surface area contributed by atoms with E-state index in [-0.39, 0.29) is 28.7 Å². The summed E-state index contributed by atoms with van der Waals surface area (Å²) in [7, 11) is 1.58. The summed E-state index contributed by atoms with van der Waals surface area (Å²) >= 11 is 1.23. The lowest BCUT2D eigenvalue weighted by Gasteiger charge is -2.31. The van der Waals surface area contributed by atoms with Crippen LogP contribution in [-0.2, 0) is 0 Å². The van der Waals surface area contributed by atoms with Crippen LogP contribution in [0.1, 0.15) is 39.1 Å². The number of carbonyl (C=O) groups is 2. The average Bonchev–Trinajstić information content (AvgIpc) is 3.33. The summed E-state index contributed by atoms with van der Waals surface area (Å²) in [6.07, 6.45) is 1.64. The number of aromatic nitrogens is 2. The van der Waals surface area contributed by atoms with Crippen molar-refractivity contribution >= 4 is 34.6 Å². The zero-order valence-electron chi connectivity index (χ0n) is 18.3. The van der Waals surface area contributed by atoms with Crippen molar-refractivity contribution in [1.29, 1.82) is 0 Å². The minimum atomic E-state index is -0.362. The van der Waals surface area contributed by atoms with E-state index in [9.17, 15) is 14.0 Å². The maximum Gasteiger partial charge on any atom is 0.321 e. The molecule has 0 unspecified atom stereocenters. The van der Waals surface area contributed by atoms with E-state index in [0.29, 0.717) is 40.8 Å². The molecular weight excluding hydrogens is 445 g/mol. The van der Waals surface area contributed by atoms with E-state index in [4.69, 9.17) is 4.74 Å². The number of amides is 3. The summed E-state index contributed by atoms with van der Waals surface area (Å²) < 4.78 is 18.9. The van der Waals surface area contributed by atoms with Gasteiger partial charge in [0, 0.05) is 30.4 Å². The number of anilines is 2. The van der Waals surface area contributed by atoms with E-state index in [1.54, 1.807) is 55.3 Å². The molecule has 1 saturated heterocycles. The predicted octanol–water partition coefficient (Wildman–Crippen LogP) is 4.66. The van der Waals surface area contributed by atoms with Gasteiger partial charge < -0.3 is 20.3 Å². The number of rotatable bonds is 5. The summed E-state index contributed by atoms with van der Waals surface area (Å²) in [5.41, 5.74) is 1.57. The third-order valence-corrected chi connectivity index (χ3v) is 6.55. The zero-order valence-corrected chi connectivity index (χ0v) is 19.1. The fourth-order valence-corrected chi connectivity index (χ4v) is 4.45. The molecule has 0 radical (unpaired) electrons. The van der Waals surface area contributed by atoms with Gasteiger partial charge in [0.25, 0.3) is 5.91 Å². The number of aryl methyl sites for hydroxylation is 1. The number of ether oxygens (including phenoxy) is 1. The van der Waals surface area contributed by atoms with Crippen molar-refractivity contribution in [2.24, 2.45) is 0 Å². The Labute approximate surface area is 194 Å². The minimum absolute atomic E-state index is 0.0145. The van der Waals surface area contributed by atoms with E-state index in [2.05, 4.69) is 20.8 Å². The third-order valence-electron chi connectivity index (χ3n) is 5.46. The van der Waals surface area contributed by atoms with Gasteiger partial charge in [-0.1, -0.05) is 17.4 Å². The quantitative estimate of drug-likeness (QED) is 0.567. The van der Waals surface area contributed by atoms with Crippen molar-refractivity contribution in [2.45, 2.75) is 25.7 Å². The molecule has 3 aromatic rings. The molecule has 4 rings (SSSR count). The Hall–Kier alpha value is -3.53. The molecular formula is C23H24FN5O3S. The van der Waals surface area contributed by atoms with E-state index in [1.165, 1.54) is 17.4 Å². The van der Waals surface area contributed by atoms with Crippen LogP contribution < -0.4 is 15.4 Å². The second-order valence-electron chi connectivity index (χ2n) is 7.81. The first kappa shape index (κ1) is 22.7. The molecule has 0 saturated carbocycles. The molecule has 33 heavy (non-hydrogen) atoms. The molecule has 1 fully saturated rings. The minimum Gasteiger partial charge on any atom is -0.497 e. The first-order valence-corrected chi connectivity index (χ1v) is 11.4. The first-order chi connectivity index (χ1) is 15.9. The van der Waals surface area contributed by atoms with Crippen LogP contribution in [0.4, 0.5) is 20.6 Å². The molecule has 3 amide bonds. The van der Waals surface area contributed by atoms with Crippen LogP contribution in [0.15, 0.2) is 42.5 Å². The highest BCUT2D eigenvalue weighted by molar-refractivity contribution is 7.13. The Morgan fingerprint density at radius 1 is 1.12 bits per heavy atom. The number of halogens is 1. The van der Waals surface area contributed by atoms with Crippen LogP contribution in [-0.4, -0.2) is 47.2 Å². The first-order valence-electron chi connectivity index (χ1n) is 10.5. The van der Waals surface area contributed by atoms with Crippen molar-refractivity contribution in [2.75, 3.05) is 30.8 Å². The van der Waals surface area contributed by atoms with Gasteiger partial charge >= 0.3 is 6.03 Å². The molecule has 1 aliphatic rings. The Bertz CT molecular complexity index is 1150. The standard InChI is InChI=1S/C23H24FN5O3S/c1-14-5-6-17(12-19(14)24)26-23(31)29-11-3-4-15(13-29)21-27-28-22(33-21)20(30)25-16-7-9-18(32-2)10-8-16/h5-10,12,15H,3-4,11,13H2,1-2H3,(H,25,30)(H,26,31)/t15-/m1/s1. The van der Waals surface area contributed by atoms with Gasteiger partial charge in [-0.3, -0.25) is 4.79 Å². The summed E-state index contributed by atoms with van der Waals surface area (Å²) in [6.45, 7) is 2.72. The van der Waals surface area contributed by atoms with Gasteiger partial charge in [-0.25, -0.2) is 9.18 Å². The van der Waals surface area contributed by atoms with E-state index in [1.807, 2.05) is 0 Å². The molecule has 2 heterocycles. The maximum absolute atomic E-state index is 13.8. The van der Waals surface area contributed by atoms with Crippen LogP contribution in [0.2, 0.25) is 0 Å². The van der Waals surface area contributed by atoms with Gasteiger partial charge in [0.05, 0.1) is 7.11 Å². The number of piperidine rings is 1. The maximum atomic E-state index is 13.8. The number of hydrogen-bond donors (Lipinski definition) is 2.